The minimum absolute atomic E-state index is 0.00788. The smallest absolute Gasteiger partial charge is 0.225 e. The van der Waals surface area contributed by atoms with Crippen molar-refractivity contribution in [2.75, 3.05) is 18.4 Å². The van der Waals surface area contributed by atoms with Crippen LogP contribution in [0.3, 0.4) is 0 Å². The first-order chi connectivity index (χ1) is 14.7. The standard InChI is InChI=1S/C24H31FN4OS/c1-16(14-19-6-5-13-31-19)23(30)28-11-9-17(10-12-28)21-22(27-24(2,3)4)29-15-18(25)7-8-20(29)26-21/h5-8,13,15-17,27H,9-12,14H2,1-4H3/t16-/m1/s1. The quantitative estimate of drug-likeness (QED) is 0.581. The van der Waals surface area contributed by atoms with Crippen LogP contribution in [0, 0.1) is 11.7 Å². The number of likely N-dealkylation sites (tertiary alicyclic amines) is 1. The number of hydrogen-bond donors (Lipinski definition) is 1. The van der Waals surface area contributed by atoms with E-state index in [4.69, 9.17) is 4.98 Å². The Kier molecular flexibility index (Phi) is 6.06. The lowest BCUT2D eigenvalue weighted by atomic mass is 9.92. The third-order valence-corrected chi connectivity index (χ3v) is 6.70. The molecular formula is C24H31FN4OS. The van der Waals surface area contributed by atoms with Crippen molar-refractivity contribution in [3.8, 4) is 0 Å². The van der Waals surface area contributed by atoms with Crippen LogP contribution in [0.15, 0.2) is 35.8 Å². The fraction of sp³-hybridized carbons (Fsp3) is 0.500. The Morgan fingerprint density at radius 3 is 2.68 bits per heavy atom. The lowest BCUT2D eigenvalue weighted by molar-refractivity contribution is -0.136. The molecule has 4 heterocycles. The average Bonchev–Trinajstić information content (AvgIpc) is 3.35. The van der Waals surface area contributed by atoms with E-state index in [0.717, 1.165) is 49.5 Å². The molecule has 5 nitrogen and oxygen atoms in total. The normalized spacial score (nSPS) is 16.6. The number of imidazole rings is 1. The molecule has 1 amide bonds. The zero-order valence-corrected chi connectivity index (χ0v) is 19.5. The number of nitrogens with one attached hydrogen (secondary N) is 1. The van der Waals surface area contributed by atoms with Crippen LogP contribution in [0.2, 0.25) is 0 Å². The molecule has 0 aliphatic carbocycles. The van der Waals surface area contributed by atoms with E-state index in [9.17, 15) is 9.18 Å². The molecule has 1 atom stereocenters. The summed E-state index contributed by atoms with van der Waals surface area (Å²) in [7, 11) is 0. The van der Waals surface area contributed by atoms with Crippen molar-refractivity contribution in [3.05, 3.63) is 52.2 Å². The highest BCUT2D eigenvalue weighted by atomic mass is 32.1. The molecule has 0 saturated carbocycles. The van der Waals surface area contributed by atoms with E-state index < -0.39 is 0 Å². The summed E-state index contributed by atoms with van der Waals surface area (Å²) in [4.78, 5) is 21.1. The van der Waals surface area contributed by atoms with Gasteiger partial charge in [0.25, 0.3) is 0 Å². The molecule has 1 saturated heterocycles. The van der Waals surface area contributed by atoms with Crippen molar-refractivity contribution in [2.24, 2.45) is 5.92 Å². The zero-order chi connectivity index (χ0) is 22.2. The average molecular weight is 443 g/mol. The van der Waals surface area contributed by atoms with Crippen LogP contribution in [-0.4, -0.2) is 38.8 Å². The molecule has 1 aliphatic rings. The highest BCUT2D eigenvalue weighted by Gasteiger charge is 2.31. The minimum atomic E-state index is -0.284. The van der Waals surface area contributed by atoms with Crippen molar-refractivity contribution in [1.82, 2.24) is 14.3 Å². The molecule has 0 bridgehead atoms. The number of fused-ring (bicyclic) bond motifs is 1. The number of carbonyl (C=O) groups excluding carboxylic acids is 1. The van der Waals surface area contributed by atoms with Crippen LogP contribution >= 0.6 is 11.3 Å². The second-order valence-corrected chi connectivity index (χ2v) is 10.6. The number of amides is 1. The van der Waals surface area contributed by atoms with Gasteiger partial charge in [0.1, 0.15) is 17.3 Å². The van der Waals surface area contributed by atoms with Crippen LogP contribution in [0.25, 0.3) is 5.65 Å². The Balaban J connectivity index is 1.49. The summed E-state index contributed by atoms with van der Waals surface area (Å²) in [6, 6.07) is 7.30. The summed E-state index contributed by atoms with van der Waals surface area (Å²) in [5, 5.41) is 5.59. The van der Waals surface area contributed by atoms with Crippen molar-refractivity contribution >= 4 is 28.7 Å². The van der Waals surface area contributed by atoms with Crippen molar-refractivity contribution < 1.29 is 9.18 Å². The topological polar surface area (TPSA) is 49.6 Å². The summed E-state index contributed by atoms with van der Waals surface area (Å²) < 4.78 is 15.7. The van der Waals surface area contributed by atoms with E-state index in [1.54, 1.807) is 17.4 Å². The Labute approximate surface area is 187 Å². The number of pyridine rings is 1. The molecule has 31 heavy (non-hydrogen) atoms. The second kappa shape index (κ2) is 8.61. The van der Waals surface area contributed by atoms with Gasteiger partial charge in [0.2, 0.25) is 5.91 Å². The van der Waals surface area contributed by atoms with Crippen LogP contribution in [0.1, 0.15) is 57.0 Å². The molecule has 1 fully saturated rings. The summed E-state index contributed by atoms with van der Waals surface area (Å²) in [6.07, 6.45) is 4.02. The molecule has 4 rings (SSSR count). The summed E-state index contributed by atoms with van der Waals surface area (Å²) in [5.74, 6) is 1.04. The molecule has 3 aromatic rings. The Bertz CT molecular complexity index is 1050. The predicted molar refractivity (Wildman–Crippen MR) is 124 cm³/mol. The molecule has 7 heteroatoms. The number of carbonyl (C=O) groups is 1. The van der Waals surface area contributed by atoms with Gasteiger partial charge in [-0.25, -0.2) is 9.37 Å². The third kappa shape index (κ3) is 4.92. The Hall–Kier alpha value is -2.41. The highest BCUT2D eigenvalue weighted by molar-refractivity contribution is 7.09. The Morgan fingerprint density at radius 1 is 1.29 bits per heavy atom. The molecular weight excluding hydrogens is 411 g/mol. The van der Waals surface area contributed by atoms with E-state index in [1.165, 1.54) is 17.1 Å². The lowest BCUT2D eigenvalue weighted by Crippen LogP contribution is -2.41. The van der Waals surface area contributed by atoms with E-state index >= 15 is 0 Å². The van der Waals surface area contributed by atoms with Gasteiger partial charge < -0.3 is 10.2 Å². The van der Waals surface area contributed by atoms with Gasteiger partial charge in [-0.15, -0.1) is 11.3 Å². The van der Waals surface area contributed by atoms with Gasteiger partial charge in [-0.1, -0.05) is 13.0 Å². The van der Waals surface area contributed by atoms with E-state index in [1.807, 2.05) is 22.3 Å². The van der Waals surface area contributed by atoms with Crippen LogP contribution < -0.4 is 5.32 Å². The molecule has 0 aromatic carbocycles. The monoisotopic (exact) mass is 442 g/mol. The number of anilines is 1. The number of aromatic nitrogens is 2. The van der Waals surface area contributed by atoms with Crippen LogP contribution in [-0.2, 0) is 11.2 Å². The van der Waals surface area contributed by atoms with Gasteiger partial charge in [-0.2, -0.15) is 0 Å². The maximum Gasteiger partial charge on any atom is 0.225 e. The first kappa shape index (κ1) is 21.8. The zero-order valence-electron chi connectivity index (χ0n) is 18.7. The predicted octanol–water partition coefficient (Wildman–Crippen LogP) is 5.33. The van der Waals surface area contributed by atoms with Crippen molar-refractivity contribution in [3.63, 3.8) is 0 Å². The third-order valence-electron chi connectivity index (χ3n) is 5.81. The number of rotatable bonds is 5. The molecule has 0 unspecified atom stereocenters. The fourth-order valence-corrected chi connectivity index (χ4v) is 5.14. The van der Waals surface area contributed by atoms with Crippen LogP contribution in [0.5, 0.6) is 0 Å². The number of thiophene rings is 1. The molecule has 1 N–H and O–H groups in total. The molecule has 166 valence electrons. The van der Waals surface area contributed by atoms with Crippen LogP contribution in [0.4, 0.5) is 10.2 Å². The van der Waals surface area contributed by atoms with Gasteiger partial charge in [-0.3, -0.25) is 9.20 Å². The molecule has 1 aliphatic heterocycles. The first-order valence-corrected chi connectivity index (χ1v) is 11.9. The van der Waals surface area contributed by atoms with E-state index in [0.29, 0.717) is 0 Å². The number of nitrogens with zero attached hydrogens (tertiary/aromatic N) is 3. The van der Waals surface area contributed by atoms with E-state index in [-0.39, 0.29) is 29.1 Å². The number of hydrogen-bond acceptors (Lipinski definition) is 4. The molecule has 0 spiro atoms. The Morgan fingerprint density at radius 2 is 2.03 bits per heavy atom. The van der Waals surface area contributed by atoms with E-state index in [2.05, 4.69) is 37.5 Å². The first-order valence-electron chi connectivity index (χ1n) is 11.0. The molecule has 3 aromatic heterocycles. The molecule has 0 radical (unpaired) electrons. The minimum Gasteiger partial charge on any atom is -0.365 e. The van der Waals surface area contributed by atoms with Crippen molar-refractivity contribution in [2.45, 2.75) is 58.4 Å². The second-order valence-electron chi connectivity index (χ2n) is 9.58. The summed E-state index contributed by atoms with van der Waals surface area (Å²) >= 11 is 1.71. The summed E-state index contributed by atoms with van der Waals surface area (Å²) in [6.45, 7) is 9.75. The van der Waals surface area contributed by atoms with Gasteiger partial charge in [0.05, 0.1) is 5.69 Å². The highest BCUT2D eigenvalue weighted by Crippen LogP contribution is 2.35. The van der Waals surface area contributed by atoms with Crippen molar-refractivity contribution in [1.29, 1.82) is 0 Å². The maximum atomic E-state index is 13.9. The van der Waals surface area contributed by atoms with Gasteiger partial charge >= 0.3 is 0 Å². The number of piperidine rings is 1. The SMILES string of the molecule is C[C@H](Cc1cccs1)C(=O)N1CCC(c2nc3ccc(F)cn3c2NC(C)(C)C)CC1. The van der Waals surface area contributed by atoms with Gasteiger partial charge in [0.15, 0.2) is 0 Å². The lowest BCUT2D eigenvalue weighted by Gasteiger charge is -2.34. The maximum absolute atomic E-state index is 13.9. The van der Waals surface area contributed by atoms with Gasteiger partial charge in [-0.05, 0) is 63.6 Å². The largest absolute Gasteiger partial charge is 0.365 e. The van der Waals surface area contributed by atoms with Gasteiger partial charge in [0, 0.05) is 41.5 Å². The fourth-order valence-electron chi connectivity index (χ4n) is 4.30. The summed E-state index contributed by atoms with van der Waals surface area (Å²) in [5.41, 5.74) is 1.54. The number of halogens is 1.